The predicted octanol–water partition coefficient (Wildman–Crippen LogP) is 2.65. The van der Waals surface area contributed by atoms with Gasteiger partial charge in [0.2, 0.25) is 10.0 Å². The van der Waals surface area contributed by atoms with Crippen LogP contribution in [0.4, 0.5) is 4.39 Å². The molecule has 140 valence electrons. The summed E-state index contributed by atoms with van der Waals surface area (Å²) in [5, 5.41) is 0. The predicted molar refractivity (Wildman–Crippen MR) is 98.1 cm³/mol. The summed E-state index contributed by atoms with van der Waals surface area (Å²) in [5.41, 5.74) is 0. The number of rotatable bonds is 7. The molecular weight excluding hydrogens is 355 g/mol. The zero-order valence-corrected chi connectivity index (χ0v) is 15.3. The van der Waals surface area contributed by atoms with E-state index in [0.29, 0.717) is 6.61 Å². The first-order chi connectivity index (χ1) is 12.5. The van der Waals surface area contributed by atoms with E-state index in [1.165, 1.54) is 12.1 Å². The van der Waals surface area contributed by atoms with E-state index >= 15 is 0 Å². The van der Waals surface area contributed by atoms with Crippen LogP contribution in [-0.2, 0) is 10.0 Å². The molecule has 0 spiro atoms. The third-order valence-corrected chi connectivity index (χ3v) is 5.99. The molecule has 0 saturated carbocycles. The first-order valence-corrected chi connectivity index (χ1v) is 10.2. The summed E-state index contributed by atoms with van der Waals surface area (Å²) in [6.45, 7) is 3.05. The van der Waals surface area contributed by atoms with Crippen molar-refractivity contribution < 1.29 is 17.5 Å². The van der Waals surface area contributed by atoms with E-state index in [2.05, 4.69) is 9.62 Å². The van der Waals surface area contributed by atoms with Crippen molar-refractivity contribution in [2.24, 2.45) is 0 Å². The van der Waals surface area contributed by atoms with E-state index in [1.807, 2.05) is 30.3 Å². The highest BCUT2D eigenvalue weighted by molar-refractivity contribution is 7.89. The molecule has 2 aromatic carbocycles. The average Bonchev–Trinajstić information content (AvgIpc) is 2.64. The number of hydrogen-bond acceptors (Lipinski definition) is 4. The fraction of sp³-hybridized carbons (Fsp3) is 0.368. The Morgan fingerprint density at radius 1 is 1.04 bits per heavy atom. The molecule has 1 N–H and O–H groups in total. The lowest BCUT2D eigenvalue weighted by molar-refractivity contribution is 0.170. The van der Waals surface area contributed by atoms with Crippen LogP contribution < -0.4 is 9.46 Å². The van der Waals surface area contributed by atoms with Crippen molar-refractivity contribution in [1.29, 1.82) is 0 Å². The fourth-order valence-corrected chi connectivity index (χ4v) is 4.29. The Morgan fingerprint density at radius 3 is 2.35 bits per heavy atom. The van der Waals surface area contributed by atoms with E-state index in [4.69, 9.17) is 4.74 Å². The maximum atomic E-state index is 13.0. The third-order valence-electron chi connectivity index (χ3n) is 4.45. The molecule has 0 aromatic heterocycles. The zero-order valence-electron chi connectivity index (χ0n) is 14.5. The van der Waals surface area contributed by atoms with Crippen molar-refractivity contribution in [2.75, 3.05) is 26.2 Å². The summed E-state index contributed by atoms with van der Waals surface area (Å²) in [7, 11) is -3.61. The summed E-state index contributed by atoms with van der Waals surface area (Å²) in [5.74, 6) is 0.407. The number of halogens is 1. The molecule has 0 unspecified atom stereocenters. The molecular formula is C19H23FN2O3S. The molecule has 1 saturated heterocycles. The van der Waals surface area contributed by atoms with Gasteiger partial charge < -0.3 is 4.74 Å². The van der Waals surface area contributed by atoms with Gasteiger partial charge >= 0.3 is 0 Å². The first kappa shape index (κ1) is 18.8. The van der Waals surface area contributed by atoms with Crippen LogP contribution >= 0.6 is 0 Å². The lowest BCUT2D eigenvalue weighted by Crippen LogP contribution is -2.45. The number of likely N-dealkylation sites (tertiary alicyclic amines) is 1. The van der Waals surface area contributed by atoms with Crippen molar-refractivity contribution in [3.05, 3.63) is 60.4 Å². The number of para-hydroxylation sites is 1. The molecule has 0 aliphatic carbocycles. The molecule has 5 nitrogen and oxygen atoms in total. The Morgan fingerprint density at radius 2 is 1.69 bits per heavy atom. The molecule has 1 aliphatic rings. The normalized spacial score (nSPS) is 16.5. The van der Waals surface area contributed by atoms with Gasteiger partial charge in [0.1, 0.15) is 18.2 Å². The third kappa shape index (κ3) is 5.27. The average molecular weight is 378 g/mol. The topological polar surface area (TPSA) is 58.6 Å². The Hall–Kier alpha value is -1.96. The van der Waals surface area contributed by atoms with E-state index in [-0.39, 0.29) is 10.9 Å². The molecule has 0 radical (unpaired) electrons. The highest BCUT2D eigenvalue weighted by atomic mass is 32.2. The van der Waals surface area contributed by atoms with Crippen molar-refractivity contribution in [3.8, 4) is 5.75 Å². The second kappa shape index (κ2) is 8.62. The molecule has 0 atom stereocenters. The van der Waals surface area contributed by atoms with Crippen LogP contribution in [-0.4, -0.2) is 45.6 Å². The van der Waals surface area contributed by atoms with Gasteiger partial charge in [-0.3, -0.25) is 4.90 Å². The number of nitrogens with one attached hydrogen (secondary N) is 1. The highest BCUT2D eigenvalue weighted by Gasteiger charge is 2.24. The van der Waals surface area contributed by atoms with Crippen LogP contribution in [0.1, 0.15) is 12.8 Å². The summed E-state index contributed by atoms with van der Waals surface area (Å²) in [6.07, 6.45) is 1.48. The van der Waals surface area contributed by atoms with Gasteiger partial charge in [-0.25, -0.2) is 17.5 Å². The minimum absolute atomic E-state index is 0.0950. The van der Waals surface area contributed by atoms with Gasteiger partial charge in [-0.15, -0.1) is 0 Å². The minimum Gasteiger partial charge on any atom is -0.492 e. The van der Waals surface area contributed by atoms with Gasteiger partial charge in [0, 0.05) is 12.6 Å². The van der Waals surface area contributed by atoms with Gasteiger partial charge in [-0.05, 0) is 62.3 Å². The largest absolute Gasteiger partial charge is 0.492 e. The number of hydrogen-bond donors (Lipinski definition) is 1. The van der Waals surface area contributed by atoms with Crippen LogP contribution in [0.2, 0.25) is 0 Å². The van der Waals surface area contributed by atoms with Gasteiger partial charge in [0.05, 0.1) is 4.90 Å². The van der Waals surface area contributed by atoms with E-state index in [1.54, 1.807) is 0 Å². The minimum atomic E-state index is -3.61. The Balaban J connectivity index is 1.42. The number of nitrogens with zero attached hydrogens (tertiary/aromatic N) is 1. The van der Waals surface area contributed by atoms with E-state index < -0.39 is 15.8 Å². The fourth-order valence-electron chi connectivity index (χ4n) is 2.98. The maximum absolute atomic E-state index is 13.0. The molecule has 26 heavy (non-hydrogen) atoms. The standard InChI is InChI=1S/C19H23FN2O3S/c20-16-6-8-19(9-7-16)26(23,24)21-17-10-12-22(13-11-17)14-15-25-18-4-2-1-3-5-18/h1-9,17,21H,10-15H2. The van der Waals surface area contributed by atoms with Gasteiger partial charge in [0.25, 0.3) is 0 Å². The summed E-state index contributed by atoms with van der Waals surface area (Å²) in [4.78, 5) is 2.36. The van der Waals surface area contributed by atoms with Crippen LogP contribution in [0.25, 0.3) is 0 Å². The molecule has 2 aromatic rings. The van der Waals surface area contributed by atoms with E-state index in [0.717, 1.165) is 50.4 Å². The number of ether oxygens (including phenoxy) is 1. The molecule has 1 aliphatic heterocycles. The number of piperidine rings is 1. The lowest BCUT2D eigenvalue weighted by atomic mass is 10.1. The van der Waals surface area contributed by atoms with Crippen molar-refractivity contribution >= 4 is 10.0 Å². The lowest BCUT2D eigenvalue weighted by Gasteiger charge is -2.32. The number of sulfonamides is 1. The van der Waals surface area contributed by atoms with Gasteiger partial charge in [0.15, 0.2) is 0 Å². The second-order valence-electron chi connectivity index (χ2n) is 6.35. The Labute approximate surface area is 153 Å². The Kier molecular flexibility index (Phi) is 6.24. The van der Waals surface area contributed by atoms with Crippen molar-refractivity contribution in [3.63, 3.8) is 0 Å². The molecule has 7 heteroatoms. The molecule has 1 fully saturated rings. The summed E-state index contributed by atoms with van der Waals surface area (Å²) < 4.78 is 46.1. The maximum Gasteiger partial charge on any atom is 0.240 e. The Bertz CT molecular complexity index is 789. The van der Waals surface area contributed by atoms with Crippen LogP contribution in [0.5, 0.6) is 5.75 Å². The zero-order chi connectivity index (χ0) is 18.4. The summed E-state index contributed by atoms with van der Waals surface area (Å²) in [6, 6.07) is 14.5. The van der Waals surface area contributed by atoms with Crippen molar-refractivity contribution in [1.82, 2.24) is 9.62 Å². The quantitative estimate of drug-likeness (QED) is 0.805. The van der Waals surface area contributed by atoms with Crippen LogP contribution in [0.3, 0.4) is 0 Å². The van der Waals surface area contributed by atoms with Crippen LogP contribution in [0, 0.1) is 5.82 Å². The van der Waals surface area contributed by atoms with E-state index in [9.17, 15) is 12.8 Å². The molecule has 0 bridgehead atoms. The monoisotopic (exact) mass is 378 g/mol. The van der Waals surface area contributed by atoms with Gasteiger partial charge in [-0.2, -0.15) is 0 Å². The SMILES string of the molecule is O=S(=O)(NC1CCN(CCOc2ccccc2)CC1)c1ccc(F)cc1. The summed E-state index contributed by atoms with van der Waals surface area (Å²) >= 11 is 0. The molecule has 3 rings (SSSR count). The smallest absolute Gasteiger partial charge is 0.240 e. The highest BCUT2D eigenvalue weighted by Crippen LogP contribution is 2.16. The second-order valence-corrected chi connectivity index (χ2v) is 8.07. The molecule has 0 amide bonds. The molecule has 1 heterocycles. The van der Waals surface area contributed by atoms with Crippen molar-refractivity contribution in [2.45, 2.75) is 23.8 Å². The van der Waals surface area contributed by atoms with Crippen LogP contribution in [0.15, 0.2) is 59.5 Å². The number of benzene rings is 2. The van der Waals surface area contributed by atoms with Gasteiger partial charge in [-0.1, -0.05) is 18.2 Å². The first-order valence-electron chi connectivity index (χ1n) is 8.71.